The summed E-state index contributed by atoms with van der Waals surface area (Å²) in [6.45, 7) is 2.05. The average Bonchev–Trinajstić information content (AvgIpc) is 3.03. The molecule has 0 fully saturated rings. The van der Waals surface area contributed by atoms with E-state index < -0.39 is 0 Å². The molecule has 3 aromatic carbocycles. The fourth-order valence-corrected chi connectivity index (χ4v) is 2.05. The zero-order chi connectivity index (χ0) is 11.8. The molecule has 0 amide bonds. The summed E-state index contributed by atoms with van der Waals surface area (Å²) >= 11 is 0. The minimum Gasteiger partial charge on any atom is -0.289 e. The molecule has 3 rings (SSSR count). The first-order chi connectivity index (χ1) is 8.27. The molecule has 1 nitrogen and oxygen atoms in total. The largest absolute Gasteiger partial charge is 0.289 e. The summed E-state index contributed by atoms with van der Waals surface area (Å²) < 4.78 is 0. The lowest BCUT2D eigenvalue weighted by Gasteiger charge is -1.95. The minimum absolute atomic E-state index is 0.181. The van der Waals surface area contributed by atoms with Gasteiger partial charge < -0.3 is 0 Å². The first-order valence-electron chi connectivity index (χ1n) is 5.69. The van der Waals surface area contributed by atoms with Gasteiger partial charge in [-0.15, -0.1) is 0 Å². The van der Waals surface area contributed by atoms with Gasteiger partial charge in [-0.05, 0) is 18.1 Å². The third-order valence-electron chi connectivity index (χ3n) is 3.04. The van der Waals surface area contributed by atoms with E-state index in [1.165, 1.54) is 5.56 Å². The van der Waals surface area contributed by atoms with Gasteiger partial charge in [0.15, 0.2) is 5.43 Å². The van der Waals surface area contributed by atoms with Crippen LogP contribution in [0.15, 0.2) is 59.4 Å². The average molecular weight is 220 g/mol. The van der Waals surface area contributed by atoms with Crippen LogP contribution in [0.5, 0.6) is 0 Å². The fourth-order valence-electron chi connectivity index (χ4n) is 2.05. The van der Waals surface area contributed by atoms with Crippen LogP contribution < -0.4 is 5.43 Å². The van der Waals surface area contributed by atoms with Crippen molar-refractivity contribution < 1.29 is 0 Å². The van der Waals surface area contributed by atoms with E-state index in [9.17, 15) is 4.79 Å². The second kappa shape index (κ2) is 3.70. The van der Waals surface area contributed by atoms with Crippen LogP contribution in [0, 0.1) is 6.92 Å². The number of benzene rings is 2. The molecule has 0 N–H and O–H groups in total. The van der Waals surface area contributed by atoms with Gasteiger partial charge in [0.25, 0.3) is 0 Å². The van der Waals surface area contributed by atoms with Gasteiger partial charge in [0.05, 0.1) is 0 Å². The molecule has 0 aromatic heterocycles. The highest BCUT2D eigenvalue weighted by atomic mass is 16.1. The second-order valence-electron chi connectivity index (χ2n) is 4.31. The van der Waals surface area contributed by atoms with Crippen LogP contribution in [0.1, 0.15) is 5.56 Å². The van der Waals surface area contributed by atoms with Gasteiger partial charge in [-0.1, -0.05) is 60.2 Å². The molecule has 0 atom stereocenters. The Morgan fingerprint density at radius 3 is 1.82 bits per heavy atom. The van der Waals surface area contributed by atoms with Gasteiger partial charge in [0, 0.05) is 11.1 Å². The maximum Gasteiger partial charge on any atom is 0.195 e. The molecule has 0 spiro atoms. The Morgan fingerprint density at radius 2 is 1.24 bits per heavy atom. The zero-order valence-electron chi connectivity index (χ0n) is 9.60. The summed E-state index contributed by atoms with van der Waals surface area (Å²) in [5.74, 6) is 0. The predicted octanol–water partition coefficient (Wildman–Crippen LogP) is 3.56. The Labute approximate surface area is 100 Å². The van der Waals surface area contributed by atoms with Crippen molar-refractivity contribution in [2.45, 2.75) is 6.92 Å². The molecule has 0 heterocycles. The highest BCUT2D eigenvalue weighted by Crippen LogP contribution is 2.34. The molecule has 0 aliphatic carbocycles. The Hall–Kier alpha value is -2.15. The van der Waals surface area contributed by atoms with Crippen molar-refractivity contribution in [3.8, 4) is 22.3 Å². The molecule has 0 saturated carbocycles. The summed E-state index contributed by atoms with van der Waals surface area (Å²) in [6.07, 6.45) is 0. The second-order valence-corrected chi connectivity index (χ2v) is 4.31. The SMILES string of the molecule is Cc1ccc(-c2c(-c3ccccc3)c2=O)cc1. The van der Waals surface area contributed by atoms with E-state index in [-0.39, 0.29) is 5.43 Å². The molecule has 0 aliphatic heterocycles. The van der Waals surface area contributed by atoms with Gasteiger partial charge in [-0.2, -0.15) is 0 Å². The van der Waals surface area contributed by atoms with Crippen LogP contribution in [0.3, 0.4) is 0 Å². The Kier molecular flexibility index (Phi) is 2.19. The van der Waals surface area contributed by atoms with Gasteiger partial charge in [-0.3, -0.25) is 4.79 Å². The fraction of sp³-hybridized carbons (Fsp3) is 0.0625. The molecule has 0 radical (unpaired) electrons. The molecule has 0 unspecified atom stereocenters. The van der Waals surface area contributed by atoms with Gasteiger partial charge in [0.2, 0.25) is 0 Å². The molecule has 0 saturated heterocycles. The van der Waals surface area contributed by atoms with Crippen molar-refractivity contribution in [2.24, 2.45) is 0 Å². The van der Waals surface area contributed by atoms with Crippen molar-refractivity contribution in [3.63, 3.8) is 0 Å². The maximum atomic E-state index is 11.8. The van der Waals surface area contributed by atoms with Crippen molar-refractivity contribution in [2.75, 3.05) is 0 Å². The quantitative estimate of drug-likeness (QED) is 0.645. The molecular weight excluding hydrogens is 208 g/mol. The van der Waals surface area contributed by atoms with Crippen LogP contribution in [-0.4, -0.2) is 0 Å². The predicted molar refractivity (Wildman–Crippen MR) is 70.7 cm³/mol. The maximum absolute atomic E-state index is 11.8. The first-order valence-corrected chi connectivity index (χ1v) is 5.69. The van der Waals surface area contributed by atoms with E-state index in [1.54, 1.807) is 0 Å². The van der Waals surface area contributed by atoms with E-state index in [0.717, 1.165) is 22.3 Å². The molecule has 1 heteroatoms. The number of aryl methyl sites for hydroxylation is 1. The van der Waals surface area contributed by atoms with Crippen LogP contribution in [-0.2, 0) is 0 Å². The minimum atomic E-state index is 0.181. The number of hydrogen-bond donors (Lipinski definition) is 0. The normalized spacial score (nSPS) is 10.9. The van der Waals surface area contributed by atoms with Crippen molar-refractivity contribution in [1.82, 2.24) is 0 Å². The van der Waals surface area contributed by atoms with E-state index >= 15 is 0 Å². The Bertz CT molecular complexity index is 653. The lowest BCUT2D eigenvalue weighted by Crippen LogP contribution is -1.78. The van der Waals surface area contributed by atoms with Gasteiger partial charge >= 0.3 is 0 Å². The molecule has 0 bridgehead atoms. The third kappa shape index (κ3) is 1.70. The third-order valence-corrected chi connectivity index (χ3v) is 3.04. The number of hydrogen-bond acceptors (Lipinski definition) is 1. The molecule has 82 valence electrons. The monoisotopic (exact) mass is 220 g/mol. The summed E-state index contributed by atoms with van der Waals surface area (Å²) in [5, 5.41) is 0. The molecular formula is C16H12O. The Balaban J connectivity index is 2.03. The Morgan fingerprint density at radius 1 is 0.706 bits per heavy atom. The van der Waals surface area contributed by atoms with Gasteiger partial charge in [0.1, 0.15) is 0 Å². The van der Waals surface area contributed by atoms with Crippen LogP contribution in [0.25, 0.3) is 22.3 Å². The van der Waals surface area contributed by atoms with Crippen LogP contribution in [0.2, 0.25) is 0 Å². The smallest absolute Gasteiger partial charge is 0.195 e. The van der Waals surface area contributed by atoms with Crippen LogP contribution >= 0.6 is 0 Å². The summed E-state index contributed by atoms with van der Waals surface area (Å²) in [5.41, 5.74) is 5.18. The highest BCUT2D eigenvalue weighted by molar-refractivity contribution is 5.93. The van der Waals surface area contributed by atoms with E-state index in [2.05, 4.69) is 0 Å². The lowest BCUT2D eigenvalue weighted by molar-refractivity contribution is 1.48. The van der Waals surface area contributed by atoms with Crippen molar-refractivity contribution >= 4 is 0 Å². The summed E-state index contributed by atoms with van der Waals surface area (Å²) in [4.78, 5) is 11.8. The first kappa shape index (κ1) is 10.0. The standard InChI is InChI=1S/C16H12O/c1-11-7-9-13(10-8-11)15-14(16(15)17)12-5-3-2-4-6-12/h2-10H,1H3. The summed E-state index contributed by atoms with van der Waals surface area (Å²) in [6, 6.07) is 17.9. The topological polar surface area (TPSA) is 17.1 Å². The highest BCUT2D eigenvalue weighted by Gasteiger charge is 2.24. The van der Waals surface area contributed by atoms with Crippen molar-refractivity contribution in [1.29, 1.82) is 0 Å². The zero-order valence-corrected chi connectivity index (χ0v) is 9.60. The summed E-state index contributed by atoms with van der Waals surface area (Å²) in [7, 11) is 0. The molecule has 3 aromatic rings. The van der Waals surface area contributed by atoms with E-state index in [1.807, 2.05) is 61.5 Å². The van der Waals surface area contributed by atoms with E-state index in [0.29, 0.717) is 0 Å². The lowest BCUT2D eigenvalue weighted by atomic mass is 10.1. The van der Waals surface area contributed by atoms with Gasteiger partial charge in [-0.25, -0.2) is 0 Å². The molecule has 17 heavy (non-hydrogen) atoms. The molecule has 0 aliphatic rings. The van der Waals surface area contributed by atoms with Crippen molar-refractivity contribution in [3.05, 3.63) is 70.4 Å². The number of rotatable bonds is 2. The van der Waals surface area contributed by atoms with E-state index in [4.69, 9.17) is 0 Å². The van der Waals surface area contributed by atoms with Crippen LogP contribution in [0.4, 0.5) is 0 Å².